The van der Waals surface area contributed by atoms with E-state index in [2.05, 4.69) is 5.32 Å². The van der Waals surface area contributed by atoms with E-state index in [9.17, 15) is 9.59 Å². The molecule has 0 saturated carbocycles. The van der Waals surface area contributed by atoms with Gasteiger partial charge in [-0.15, -0.1) is 0 Å². The van der Waals surface area contributed by atoms with Crippen molar-refractivity contribution in [1.82, 2.24) is 4.90 Å². The topological polar surface area (TPSA) is 78.9 Å². The lowest BCUT2D eigenvalue weighted by Crippen LogP contribution is -2.44. The van der Waals surface area contributed by atoms with Gasteiger partial charge in [0, 0.05) is 18.8 Å². The molecule has 2 N–H and O–H groups in total. The normalized spacial score (nSPS) is 17.0. The number of piperidine rings is 1. The minimum absolute atomic E-state index is 0.246. The second-order valence-corrected chi connectivity index (χ2v) is 5.99. The largest absolute Gasteiger partial charge is 0.481 e. The number of nitrogens with zero attached hydrogens (tertiary/aromatic N) is 1. The third-order valence-corrected chi connectivity index (χ3v) is 4.14. The van der Waals surface area contributed by atoms with Crippen LogP contribution in [0.3, 0.4) is 0 Å². The quantitative estimate of drug-likeness (QED) is 0.887. The Labute approximate surface area is 146 Å². The predicted molar refractivity (Wildman–Crippen MR) is 93.9 cm³/mol. The molecule has 1 aliphatic heterocycles. The summed E-state index contributed by atoms with van der Waals surface area (Å²) in [6.45, 7) is 0.821. The summed E-state index contributed by atoms with van der Waals surface area (Å²) >= 11 is 0. The fraction of sp³-hybridized carbons (Fsp3) is 0.263. The van der Waals surface area contributed by atoms with Gasteiger partial charge in [-0.1, -0.05) is 18.2 Å². The van der Waals surface area contributed by atoms with Crippen molar-refractivity contribution in [2.24, 2.45) is 5.92 Å². The number of hydrogen-bond donors (Lipinski definition) is 2. The van der Waals surface area contributed by atoms with Crippen LogP contribution in [0.25, 0.3) is 0 Å². The van der Waals surface area contributed by atoms with Gasteiger partial charge in [-0.05, 0) is 49.2 Å². The number of aliphatic carboxylic acids is 1. The highest BCUT2D eigenvalue weighted by Crippen LogP contribution is 2.23. The van der Waals surface area contributed by atoms with Gasteiger partial charge in [-0.25, -0.2) is 4.79 Å². The fourth-order valence-electron chi connectivity index (χ4n) is 2.80. The SMILES string of the molecule is O=C(O)C1CCCN(C(=O)Nc2ccc(Oc3ccccc3)cc2)C1. The molecular formula is C19H20N2O4. The monoisotopic (exact) mass is 340 g/mol. The fourth-order valence-corrected chi connectivity index (χ4v) is 2.80. The molecule has 0 radical (unpaired) electrons. The highest BCUT2D eigenvalue weighted by atomic mass is 16.5. The third-order valence-electron chi connectivity index (χ3n) is 4.14. The van der Waals surface area contributed by atoms with Gasteiger partial charge >= 0.3 is 12.0 Å². The van der Waals surface area contributed by atoms with Gasteiger partial charge < -0.3 is 20.1 Å². The number of ether oxygens (including phenoxy) is 1. The number of hydrogen-bond acceptors (Lipinski definition) is 3. The van der Waals surface area contributed by atoms with Crippen LogP contribution in [0, 0.1) is 5.92 Å². The summed E-state index contributed by atoms with van der Waals surface area (Å²) in [5.41, 5.74) is 0.642. The molecule has 6 heteroatoms. The maximum absolute atomic E-state index is 12.3. The first-order valence-corrected chi connectivity index (χ1v) is 8.23. The van der Waals surface area contributed by atoms with Gasteiger partial charge in [0.25, 0.3) is 0 Å². The van der Waals surface area contributed by atoms with E-state index in [1.807, 2.05) is 30.3 Å². The van der Waals surface area contributed by atoms with Crippen LogP contribution >= 0.6 is 0 Å². The maximum atomic E-state index is 12.3. The van der Waals surface area contributed by atoms with Gasteiger partial charge in [-0.2, -0.15) is 0 Å². The second-order valence-electron chi connectivity index (χ2n) is 5.99. The van der Waals surface area contributed by atoms with E-state index in [0.29, 0.717) is 30.8 Å². The Hall–Kier alpha value is -3.02. The summed E-state index contributed by atoms with van der Waals surface area (Å²) < 4.78 is 5.71. The van der Waals surface area contributed by atoms with Crippen LogP contribution in [0.2, 0.25) is 0 Å². The Morgan fingerprint density at radius 3 is 2.40 bits per heavy atom. The molecule has 0 spiro atoms. The molecule has 1 unspecified atom stereocenters. The molecule has 2 aromatic carbocycles. The molecule has 130 valence electrons. The number of likely N-dealkylation sites (tertiary alicyclic amines) is 1. The number of rotatable bonds is 4. The minimum Gasteiger partial charge on any atom is -0.481 e. The number of amides is 2. The second kappa shape index (κ2) is 7.70. The molecule has 1 atom stereocenters. The average Bonchev–Trinajstić information content (AvgIpc) is 2.64. The Morgan fingerprint density at radius 2 is 1.72 bits per heavy atom. The first-order chi connectivity index (χ1) is 12.1. The van der Waals surface area contributed by atoms with Crippen LogP contribution in [-0.2, 0) is 4.79 Å². The van der Waals surface area contributed by atoms with Crippen LogP contribution in [0.1, 0.15) is 12.8 Å². The summed E-state index contributed by atoms with van der Waals surface area (Å²) in [7, 11) is 0. The molecule has 6 nitrogen and oxygen atoms in total. The lowest BCUT2D eigenvalue weighted by Gasteiger charge is -2.30. The number of carboxylic acids is 1. The Balaban J connectivity index is 1.57. The van der Waals surface area contributed by atoms with E-state index in [0.717, 1.165) is 5.75 Å². The molecule has 1 heterocycles. The molecule has 1 fully saturated rings. The summed E-state index contributed by atoms with van der Waals surface area (Å²) in [5.74, 6) is 0.0847. The predicted octanol–water partition coefficient (Wildman–Crippen LogP) is 3.81. The van der Waals surface area contributed by atoms with E-state index < -0.39 is 11.9 Å². The average molecular weight is 340 g/mol. The number of carbonyl (C=O) groups is 2. The van der Waals surface area contributed by atoms with Crippen LogP contribution in [0.4, 0.5) is 10.5 Å². The van der Waals surface area contributed by atoms with E-state index in [1.54, 1.807) is 29.2 Å². The summed E-state index contributed by atoms with van der Waals surface area (Å²) in [6.07, 6.45) is 1.32. The molecule has 0 aromatic heterocycles. The highest BCUT2D eigenvalue weighted by Gasteiger charge is 2.28. The molecule has 3 rings (SSSR count). The van der Waals surface area contributed by atoms with E-state index in [-0.39, 0.29) is 12.6 Å². The first kappa shape index (κ1) is 16.8. The molecule has 2 aromatic rings. The van der Waals surface area contributed by atoms with Crippen molar-refractivity contribution in [2.45, 2.75) is 12.8 Å². The smallest absolute Gasteiger partial charge is 0.321 e. The van der Waals surface area contributed by atoms with Crippen LogP contribution in [0.5, 0.6) is 11.5 Å². The number of carbonyl (C=O) groups excluding carboxylic acids is 1. The standard InChI is InChI=1S/C19H20N2O4/c22-18(23)14-5-4-12-21(13-14)19(24)20-15-8-10-17(11-9-15)25-16-6-2-1-3-7-16/h1-3,6-11,14H,4-5,12-13H2,(H,20,24)(H,22,23). The van der Waals surface area contributed by atoms with Crippen molar-refractivity contribution >= 4 is 17.7 Å². The molecule has 1 saturated heterocycles. The first-order valence-electron chi connectivity index (χ1n) is 8.23. The van der Waals surface area contributed by atoms with Gasteiger partial charge in [0.1, 0.15) is 11.5 Å². The molecule has 25 heavy (non-hydrogen) atoms. The zero-order valence-electron chi connectivity index (χ0n) is 13.7. The minimum atomic E-state index is -0.847. The number of nitrogens with one attached hydrogen (secondary N) is 1. The summed E-state index contributed by atoms with van der Waals surface area (Å²) in [4.78, 5) is 25.0. The zero-order valence-corrected chi connectivity index (χ0v) is 13.7. The highest BCUT2D eigenvalue weighted by molar-refractivity contribution is 5.89. The molecule has 2 amide bonds. The maximum Gasteiger partial charge on any atom is 0.321 e. The molecule has 0 bridgehead atoms. The van der Waals surface area contributed by atoms with Crippen molar-refractivity contribution in [3.63, 3.8) is 0 Å². The lowest BCUT2D eigenvalue weighted by molar-refractivity contribution is -0.143. The number of urea groups is 1. The van der Waals surface area contributed by atoms with Crippen LogP contribution < -0.4 is 10.1 Å². The van der Waals surface area contributed by atoms with E-state index in [4.69, 9.17) is 9.84 Å². The Bertz CT molecular complexity index is 731. The molecule has 0 aliphatic carbocycles. The lowest BCUT2D eigenvalue weighted by atomic mass is 9.99. The van der Waals surface area contributed by atoms with Gasteiger partial charge in [0.2, 0.25) is 0 Å². The van der Waals surface area contributed by atoms with E-state index >= 15 is 0 Å². The number of anilines is 1. The number of carboxylic acid groups (broad SMARTS) is 1. The van der Waals surface area contributed by atoms with Crippen molar-refractivity contribution in [2.75, 3.05) is 18.4 Å². The van der Waals surface area contributed by atoms with Crippen molar-refractivity contribution in [3.05, 3.63) is 54.6 Å². The summed E-state index contributed by atoms with van der Waals surface area (Å²) in [5, 5.41) is 11.9. The van der Waals surface area contributed by atoms with Crippen LogP contribution in [-0.4, -0.2) is 35.1 Å². The van der Waals surface area contributed by atoms with Crippen molar-refractivity contribution in [3.8, 4) is 11.5 Å². The summed E-state index contributed by atoms with van der Waals surface area (Å²) in [6, 6.07) is 16.2. The zero-order chi connectivity index (χ0) is 17.6. The molecular weight excluding hydrogens is 320 g/mol. The van der Waals surface area contributed by atoms with Gasteiger partial charge in [0.15, 0.2) is 0 Å². The van der Waals surface area contributed by atoms with E-state index in [1.165, 1.54) is 0 Å². The van der Waals surface area contributed by atoms with Crippen molar-refractivity contribution < 1.29 is 19.4 Å². The number of benzene rings is 2. The Kier molecular flexibility index (Phi) is 5.18. The third kappa shape index (κ3) is 4.50. The van der Waals surface area contributed by atoms with Crippen molar-refractivity contribution in [1.29, 1.82) is 0 Å². The van der Waals surface area contributed by atoms with Crippen LogP contribution in [0.15, 0.2) is 54.6 Å². The Morgan fingerprint density at radius 1 is 1.04 bits per heavy atom. The van der Waals surface area contributed by atoms with Gasteiger partial charge in [-0.3, -0.25) is 4.79 Å². The molecule has 1 aliphatic rings. The van der Waals surface area contributed by atoms with Gasteiger partial charge in [0.05, 0.1) is 5.92 Å². The number of para-hydroxylation sites is 1.